The fourth-order valence-corrected chi connectivity index (χ4v) is 3.32. The Morgan fingerprint density at radius 2 is 2.05 bits per heavy atom. The van der Waals surface area contributed by atoms with Crippen LogP contribution < -0.4 is 10.6 Å². The lowest BCUT2D eigenvalue weighted by atomic mass is 10.4. The van der Waals surface area contributed by atoms with E-state index in [1.54, 1.807) is 18.4 Å². The molecule has 0 aliphatic heterocycles. The highest BCUT2D eigenvalue weighted by atomic mass is 32.2. The van der Waals surface area contributed by atoms with Gasteiger partial charge >= 0.3 is 0 Å². The molecule has 22 heavy (non-hydrogen) atoms. The van der Waals surface area contributed by atoms with Crippen LogP contribution in [-0.4, -0.2) is 50.0 Å². The van der Waals surface area contributed by atoms with Gasteiger partial charge in [-0.25, -0.2) is 4.98 Å². The summed E-state index contributed by atoms with van der Waals surface area (Å²) in [5.41, 5.74) is 0. The van der Waals surface area contributed by atoms with Crippen LogP contribution in [0.2, 0.25) is 0 Å². The molecule has 0 aliphatic carbocycles. The first-order valence-corrected chi connectivity index (χ1v) is 9.78. The van der Waals surface area contributed by atoms with Gasteiger partial charge in [0, 0.05) is 50.7 Å². The lowest BCUT2D eigenvalue weighted by molar-refractivity contribution is 0.129. The molecule has 0 radical (unpaired) electrons. The Bertz CT molecular complexity index is 385. The fraction of sp³-hybridized carbons (Fsp3) is 0.733. The van der Waals surface area contributed by atoms with E-state index in [4.69, 9.17) is 4.74 Å². The van der Waals surface area contributed by atoms with Gasteiger partial charge in [0.2, 0.25) is 0 Å². The lowest BCUT2D eigenvalue weighted by Gasteiger charge is -2.11. The number of aliphatic imine (C=N–C) groups is 1. The number of aromatic nitrogens is 1. The standard InChI is InChI=1S/C15H28N4OS2/c1-3-4-10-20-11-5-7-17-14(16-2)18-8-6-12-21-15-19-9-13-22-15/h9,13H,3-8,10-12H2,1-2H3,(H2,16,17,18). The zero-order valence-electron chi connectivity index (χ0n) is 13.6. The summed E-state index contributed by atoms with van der Waals surface area (Å²) in [5, 5.41) is 8.65. The molecule has 0 amide bonds. The third-order valence-corrected chi connectivity index (χ3v) is 4.92. The molecule has 5 nitrogen and oxygen atoms in total. The molecular formula is C15H28N4OS2. The summed E-state index contributed by atoms with van der Waals surface area (Å²) in [4.78, 5) is 8.47. The van der Waals surface area contributed by atoms with Crippen molar-refractivity contribution >= 4 is 29.1 Å². The van der Waals surface area contributed by atoms with Crippen molar-refractivity contribution in [3.05, 3.63) is 11.6 Å². The van der Waals surface area contributed by atoms with Gasteiger partial charge in [0.25, 0.3) is 0 Å². The minimum Gasteiger partial charge on any atom is -0.381 e. The van der Waals surface area contributed by atoms with E-state index in [9.17, 15) is 0 Å². The average molecular weight is 345 g/mol. The second-order valence-corrected chi connectivity index (χ2v) is 6.98. The molecule has 0 saturated heterocycles. The largest absolute Gasteiger partial charge is 0.381 e. The van der Waals surface area contributed by atoms with Crippen molar-refractivity contribution in [3.63, 3.8) is 0 Å². The van der Waals surface area contributed by atoms with Crippen LogP contribution in [0.1, 0.15) is 32.6 Å². The number of nitrogens with one attached hydrogen (secondary N) is 2. The Hall–Kier alpha value is -0.790. The normalized spacial score (nSPS) is 11.6. The summed E-state index contributed by atoms with van der Waals surface area (Å²) in [7, 11) is 1.80. The van der Waals surface area contributed by atoms with E-state index in [-0.39, 0.29) is 0 Å². The van der Waals surface area contributed by atoms with Gasteiger partial charge in [0.15, 0.2) is 5.96 Å². The maximum absolute atomic E-state index is 5.53. The molecule has 126 valence electrons. The summed E-state index contributed by atoms with van der Waals surface area (Å²) in [6, 6.07) is 0. The number of hydrogen-bond donors (Lipinski definition) is 2. The molecule has 1 aromatic rings. The molecule has 1 rings (SSSR count). The van der Waals surface area contributed by atoms with Gasteiger partial charge in [0.05, 0.1) is 0 Å². The van der Waals surface area contributed by atoms with E-state index >= 15 is 0 Å². The predicted octanol–water partition coefficient (Wildman–Crippen LogP) is 3.00. The molecule has 0 aliphatic rings. The molecule has 0 unspecified atom stereocenters. The van der Waals surface area contributed by atoms with Crippen molar-refractivity contribution in [1.29, 1.82) is 0 Å². The van der Waals surface area contributed by atoms with Gasteiger partial charge in [-0.15, -0.1) is 11.3 Å². The quantitative estimate of drug-likeness (QED) is 0.264. The van der Waals surface area contributed by atoms with Crippen molar-refractivity contribution in [3.8, 4) is 0 Å². The SMILES string of the molecule is CCCCOCCCNC(=NC)NCCCSc1nccs1. The molecule has 1 aromatic heterocycles. The van der Waals surface area contributed by atoms with Crippen molar-refractivity contribution in [2.75, 3.05) is 39.1 Å². The fourth-order valence-electron chi connectivity index (χ4n) is 1.67. The Labute approximate surface area is 142 Å². The topological polar surface area (TPSA) is 58.5 Å². The van der Waals surface area contributed by atoms with E-state index in [1.165, 1.54) is 6.42 Å². The second kappa shape index (κ2) is 13.8. The number of hydrogen-bond acceptors (Lipinski definition) is 5. The first-order chi connectivity index (χ1) is 10.9. The monoisotopic (exact) mass is 344 g/mol. The first kappa shape index (κ1) is 19.3. The summed E-state index contributed by atoms with van der Waals surface area (Å²) in [6.45, 7) is 5.68. The molecule has 0 atom stereocenters. The zero-order chi connectivity index (χ0) is 15.9. The van der Waals surface area contributed by atoms with Crippen LogP contribution in [0.4, 0.5) is 0 Å². The first-order valence-electron chi connectivity index (χ1n) is 7.91. The van der Waals surface area contributed by atoms with E-state index in [0.29, 0.717) is 0 Å². The number of unbranched alkanes of at least 4 members (excludes halogenated alkanes) is 1. The minimum atomic E-state index is 0.814. The summed E-state index contributed by atoms with van der Waals surface area (Å²) in [5.74, 6) is 1.94. The molecule has 0 spiro atoms. The minimum absolute atomic E-state index is 0.814. The van der Waals surface area contributed by atoms with Crippen molar-refractivity contribution in [2.45, 2.75) is 36.9 Å². The highest BCUT2D eigenvalue weighted by Crippen LogP contribution is 2.20. The molecule has 0 bridgehead atoms. The molecule has 0 saturated carbocycles. The van der Waals surface area contributed by atoms with Crippen LogP contribution in [-0.2, 0) is 4.74 Å². The lowest BCUT2D eigenvalue weighted by Crippen LogP contribution is -2.38. The number of thiazole rings is 1. The van der Waals surface area contributed by atoms with Gasteiger partial charge < -0.3 is 15.4 Å². The maximum atomic E-state index is 5.53. The smallest absolute Gasteiger partial charge is 0.190 e. The highest BCUT2D eigenvalue weighted by Gasteiger charge is 1.98. The summed E-state index contributed by atoms with van der Waals surface area (Å²) in [6.07, 6.45) is 6.28. The van der Waals surface area contributed by atoms with Gasteiger partial charge in [-0.2, -0.15) is 0 Å². The zero-order valence-corrected chi connectivity index (χ0v) is 15.3. The number of rotatable bonds is 12. The van der Waals surface area contributed by atoms with Gasteiger partial charge in [-0.1, -0.05) is 25.1 Å². The van der Waals surface area contributed by atoms with Gasteiger partial charge in [-0.3, -0.25) is 4.99 Å². The molecule has 1 heterocycles. The van der Waals surface area contributed by atoms with Crippen LogP contribution in [0, 0.1) is 0 Å². The number of ether oxygens (including phenoxy) is 1. The third kappa shape index (κ3) is 10.0. The molecule has 2 N–H and O–H groups in total. The van der Waals surface area contributed by atoms with Crippen molar-refractivity contribution in [1.82, 2.24) is 15.6 Å². The highest BCUT2D eigenvalue weighted by molar-refractivity contribution is 8.00. The Kier molecular flexibility index (Phi) is 12.1. The molecule has 0 aromatic carbocycles. The van der Waals surface area contributed by atoms with Crippen LogP contribution in [0.5, 0.6) is 0 Å². The molecule has 7 heteroatoms. The molecule has 0 fully saturated rings. The third-order valence-electron chi connectivity index (χ3n) is 2.87. The Morgan fingerprint density at radius 1 is 1.27 bits per heavy atom. The number of thioether (sulfide) groups is 1. The summed E-state index contributed by atoms with van der Waals surface area (Å²) < 4.78 is 6.67. The van der Waals surface area contributed by atoms with Crippen LogP contribution in [0.3, 0.4) is 0 Å². The van der Waals surface area contributed by atoms with Gasteiger partial charge in [-0.05, 0) is 19.3 Å². The molecular weight excluding hydrogens is 316 g/mol. The van der Waals surface area contributed by atoms with Crippen LogP contribution in [0.15, 0.2) is 20.9 Å². The van der Waals surface area contributed by atoms with E-state index in [0.717, 1.165) is 61.6 Å². The Morgan fingerprint density at radius 3 is 2.73 bits per heavy atom. The predicted molar refractivity (Wildman–Crippen MR) is 97.2 cm³/mol. The average Bonchev–Trinajstić information content (AvgIpc) is 3.05. The maximum Gasteiger partial charge on any atom is 0.190 e. The van der Waals surface area contributed by atoms with Crippen molar-refractivity contribution in [2.24, 2.45) is 4.99 Å². The van der Waals surface area contributed by atoms with Crippen LogP contribution >= 0.6 is 23.1 Å². The van der Waals surface area contributed by atoms with Crippen LogP contribution in [0.25, 0.3) is 0 Å². The van der Waals surface area contributed by atoms with Crippen molar-refractivity contribution < 1.29 is 4.74 Å². The van der Waals surface area contributed by atoms with E-state index in [1.807, 2.05) is 23.3 Å². The van der Waals surface area contributed by atoms with Gasteiger partial charge in [0.1, 0.15) is 4.34 Å². The summed E-state index contributed by atoms with van der Waals surface area (Å²) >= 11 is 3.50. The Balaban J connectivity index is 1.93. The van der Waals surface area contributed by atoms with E-state index in [2.05, 4.69) is 27.5 Å². The van der Waals surface area contributed by atoms with E-state index < -0.39 is 0 Å². The number of nitrogens with zero attached hydrogens (tertiary/aromatic N) is 2. The number of guanidine groups is 1. The second-order valence-electron chi connectivity index (χ2n) is 4.75.